The molecule has 1 aliphatic heterocycles. The van der Waals surface area contributed by atoms with Gasteiger partial charge in [-0.25, -0.2) is 0 Å². The molecule has 0 N–H and O–H groups in total. The number of rotatable bonds is 1. The van der Waals surface area contributed by atoms with E-state index >= 15 is 0 Å². The molecule has 2 nitrogen and oxygen atoms in total. The minimum absolute atomic E-state index is 0.372. The van der Waals surface area contributed by atoms with Crippen molar-refractivity contribution in [3.8, 4) is 6.07 Å². The van der Waals surface area contributed by atoms with E-state index in [1.54, 1.807) is 0 Å². The molecule has 1 aliphatic rings. The Labute approximate surface area is 119 Å². The summed E-state index contributed by atoms with van der Waals surface area (Å²) in [5, 5.41) is 8.91. The van der Waals surface area contributed by atoms with Crippen LogP contribution in [0.1, 0.15) is 41.9 Å². The molecule has 3 rings (SSSR count). The van der Waals surface area contributed by atoms with Crippen LogP contribution in [0.15, 0.2) is 53.5 Å². The SMILES string of the molecule is N#Cc1ccc(C2CCC/C=N\c3ccccc32)cc1. The van der Waals surface area contributed by atoms with E-state index in [-0.39, 0.29) is 0 Å². The second-order valence-electron chi connectivity index (χ2n) is 5.09. The van der Waals surface area contributed by atoms with Gasteiger partial charge in [-0.1, -0.05) is 30.3 Å². The highest BCUT2D eigenvalue weighted by atomic mass is 14.7. The van der Waals surface area contributed by atoms with Gasteiger partial charge in [-0.05, 0) is 48.6 Å². The molecule has 0 aromatic heterocycles. The van der Waals surface area contributed by atoms with E-state index < -0.39 is 0 Å². The van der Waals surface area contributed by atoms with Crippen molar-refractivity contribution in [2.75, 3.05) is 0 Å². The highest BCUT2D eigenvalue weighted by Gasteiger charge is 2.18. The molecule has 0 amide bonds. The molecular weight excluding hydrogens is 244 g/mol. The van der Waals surface area contributed by atoms with Gasteiger partial charge >= 0.3 is 0 Å². The maximum Gasteiger partial charge on any atom is 0.0991 e. The highest BCUT2D eigenvalue weighted by molar-refractivity contribution is 5.66. The first kappa shape index (κ1) is 12.6. The normalized spacial score (nSPS) is 19.2. The predicted octanol–water partition coefficient (Wildman–Crippen LogP) is 4.58. The lowest BCUT2D eigenvalue weighted by Gasteiger charge is -2.21. The van der Waals surface area contributed by atoms with Crippen LogP contribution in [-0.4, -0.2) is 6.21 Å². The molecule has 0 fully saturated rings. The molecule has 98 valence electrons. The average Bonchev–Trinajstić information content (AvgIpc) is 2.49. The third kappa shape index (κ3) is 2.48. The minimum Gasteiger partial charge on any atom is -0.261 e. The largest absolute Gasteiger partial charge is 0.261 e. The molecule has 0 saturated heterocycles. The zero-order valence-electron chi connectivity index (χ0n) is 11.3. The molecule has 0 radical (unpaired) electrons. The van der Waals surface area contributed by atoms with Gasteiger partial charge < -0.3 is 0 Å². The smallest absolute Gasteiger partial charge is 0.0991 e. The number of nitrogens with zero attached hydrogens (tertiary/aromatic N) is 2. The van der Waals surface area contributed by atoms with Crippen LogP contribution < -0.4 is 0 Å². The van der Waals surface area contributed by atoms with E-state index in [0.717, 1.165) is 24.9 Å². The van der Waals surface area contributed by atoms with E-state index in [2.05, 4.69) is 41.4 Å². The van der Waals surface area contributed by atoms with Gasteiger partial charge in [0, 0.05) is 12.1 Å². The highest BCUT2D eigenvalue weighted by Crippen LogP contribution is 2.36. The average molecular weight is 260 g/mol. The molecule has 20 heavy (non-hydrogen) atoms. The summed E-state index contributed by atoms with van der Waals surface area (Å²) in [6.07, 6.45) is 5.31. The quantitative estimate of drug-likeness (QED) is 0.739. The topological polar surface area (TPSA) is 36.1 Å². The Bertz CT molecular complexity index is 663. The summed E-state index contributed by atoms with van der Waals surface area (Å²) < 4.78 is 0. The molecule has 0 saturated carbocycles. The van der Waals surface area contributed by atoms with E-state index in [9.17, 15) is 0 Å². The molecule has 1 heterocycles. The third-order valence-electron chi connectivity index (χ3n) is 3.81. The summed E-state index contributed by atoms with van der Waals surface area (Å²) in [6, 6.07) is 18.5. The van der Waals surface area contributed by atoms with Gasteiger partial charge in [0.15, 0.2) is 0 Å². The van der Waals surface area contributed by atoms with Crippen molar-refractivity contribution in [3.05, 3.63) is 65.2 Å². The Morgan fingerprint density at radius 3 is 2.65 bits per heavy atom. The fourth-order valence-corrected chi connectivity index (χ4v) is 2.77. The molecule has 0 aliphatic carbocycles. The number of hydrogen-bond acceptors (Lipinski definition) is 2. The molecule has 0 spiro atoms. The Balaban J connectivity index is 2.04. The first-order chi connectivity index (χ1) is 9.88. The maximum atomic E-state index is 8.91. The number of benzene rings is 2. The summed E-state index contributed by atoms with van der Waals surface area (Å²) in [5.41, 5.74) is 4.34. The molecule has 1 atom stereocenters. The fraction of sp³-hybridized carbons (Fsp3) is 0.222. The zero-order chi connectivity index (χ0) is 13.8. The molecule has 2 aromatic carbocycles. The summed E-state index contributed by atoms with van der Waals surface area (Å²) in [6.45, 7) is 0. The van der Waals surface area contributed by atoms with Crippen LogP contribution in [0.3, 0.4) is 0 Å². The zero-order valence-corrected chi connectivity index (χ0v) is 11.3. The minimum atomic E-state index is 0.372. The van der Waals surface area contributed by atoms with Gasteiger partial charge in [-0.3, -0.25) is 4.99 Å². The Morgan fingerprint density at radius 2 is 1.85 bits per heavy atom. The Morgan fingerprint density at radius 1 is 1.05 bits per heavy atom. The van der Waals surface area contributed by atoms with E-state index in [4.69, 9.17) is 5.26 Å². The summed E-state index contributed by atoms with van der Waals surface area (Å²) in [7, 11) is 0. The standard InChI is InChI=1S/C18H16N2/c19-13-14-8-10-15(11-9-14)16-5-3-4-12-20-18-7-2-1-6-17(16)18/h1-2,6-12,16H,3-5H2/b20-12-. The molecule has 1 unspecified atom stereocenters. The monoisotopic (exact) mass is 260 g/mol. The first-order valence-electron chi connectivity index (χ1n) is 7.00. The van der Waals surface area contributed by atoms with Gasteiger partial charge in [-0.15, -0.1) is 0 Å². The molecule has 2 heteroatoms. The van der Waals surface area contributed by atoms with E-state index in [0.29, 0.717) is 11.5 Å². The summed E-state index contributed by atoms with van der Waals surface area (Å²) in [5.74, 6) is 0.372. The summed E-state index contributed by atoms with van der Waals surface area (Å²) in [4.78, 5) is 4.58. The van der Waals surface area contributed by atoms with Crippen molar-refractivity contribution in [1.82, 2.24) is 0 Å². The van der Waals surface area contributed by atoms with Crippen LogP contribution >= 0.6 is 0 Å². The number of aliphatic imine (C=N–C) groups is 1. The van der Waals surface area contributed by atoms with Crippen LogP contribution in [0.4, 0.5) is 5.69 Å². The Hall–Kier alpha value is -2.40. The predicted molar refractivity (Wildman–Crippen MR) is 81.4 cm³/mol. The number of fused-ring (bicyclic) bond motifs is 1. The van der Waals surface area contributed by atoms with E-state index in [1.165, 1.54) is 11.1 Å². The summed E-state index contributed by atoms with van der Waals surface area (Å²) >= 11 is 0. The lowest BCUT2D eigenvalue weighted by Crippen LogP contribution is -2.04. The Kier molecular flexibility index (Phi) is 3.60. The van der Waals surface area contributed by atoms with Crippen LogP contribution in [0.5, 0.6) is 0 Å². The van der Waals surface area contributed by atoms with Gasteiger partial charge in [0.2, 0.25) is 0 Å². The van der Waals surface area contributed by atoms with E-state index in [1.807, 2.05) is 24.4 Å². The second-order valence-corrected chi connectivity index (χ2v) is 5.09. The lowest BCUT2D eigenvalue weighted by atomic mass is 9.85. The fourth-order valence-electron chi connectivity index (χ4n) is 2.77. The van der Waals surface area contributed by atoms with Crippen LogP contribution in [-0.2, 0) is 0 Å². The third-order valence-corrected chi connectivity index (χ3v) is 3.81. The van der Waals surface area contributed by atoms with Crippen molar-refractivity contribution < 1.29 is 0 Å². The van der Waals surface area contributed by atoms with Crippen molar-refractivity contribution in [2.45, 2.75) is 25.2 Å². The van der Waals surface area contributed by atoms with Crippen molar-refractivity contribution in [1.29, 1.82) is 5.26 Å². The maximum absolute atomic E-state index is 8.91. The number of hydrogen-bond donors (Lipinski definition) is 0. The molecular formula is C18H16N2. The molecule has 0 bridgehead atoms. The van der Waals surface area contributed by atoms with Gasteiger partial charge in [-0.2, -0.15) is 5.26 Å². The first-order valence-corrected chi connectivity index (χ1v) is 7.00. The van der Waals surface area contributed by atoms with Crippen molar-refractivity contribution >= 4 is 11.9 Å². The van der Waals surface area contributed by atoms with Gasteiger partial charge in [0.1, 0.15) is 0 Å². The number of nitriles is 1. The van der Waals surface area contributed by atoms with Gasteiger partial charge in [0.25, 0.3) is 0 Å². The molecule has 2 aromatic rings. The van der Waals surface area contributed by atoms with Crippen molar-refractivity contribution in [2.24, 2.45) is 4.99 Å². The van der Waals surface area contributed by atoms with Crippen LogP contribution in [0, 0.1) is 11.3 Å². The van der Waals surface area contributed by atoms with Crippen molar-refractivity contribution in [3.63, 3.8) is 0 Å². The number of para-hydroxylation sites is 1. The van der Waals surface area contributed by atoms with Gasteiger partial charge in [0.05, 0.1) is 17.3 Å². The van der Waals surface area contributed by atoms with Crippen LogP contribution in [0.2, 0.25) is 0 Å². The lowest BCUT2D eigenvalue weighted by molar-refractivity contribution is 0.677. The second kappa shape index (κ2) is 5.71. The van der Waals surface area contributed by atoms with Crippen LogP contribution in [0.25, 0.3) is 0 Å².